The van der Waals surface area contributed by atoms with E-state index in [9.17, 15) is 0 Å². The topological polar surface area (TPSA) is 78.3 Å². The lowest BCUT2D eigenvalue weighted by atomic mass is 9.99. The highest BCUT2D eigenvalue weighted by molar-refractivity contribution is 5.80. The second-order valence-corrected chi connectivity index (χ2v) is 5.28. The summed E-state index contributed by atoms with van der Waals surface area (Å²) in [6.45, 7) is 0. The molecule has 106 valence electrons. The van der Waals surface area contributed by atoms with Crippen molar-refractivity contribution in [2.45, 2.75) is 18.8 Å². The van der Waals surface area contributed by atoms with Gasteiger partial charge in [-0.05, 0) is 42.5 Å². The molecule has 1 aliphatic carbocycles. The molecule has 2 aromatic heterocycles. The molecule has 2 N–H and O–H groups in total. The zero-order chi connectivity index (χ0) is 14.4. The van der Waals surface area contributed by atoms with Crippen molar-refractivity contribution in [1.82, 2.24) is 19.6 Å². The summed E-state index contributed by atoms with van der Waals surface area (Å²) in [6, 6.07) is 6.09. The number of hydrogen-bond donors (Lipinski definition) is 1. The summed E-state index contributed by atoms with van der Waals surface area (Å²) < 4.78 is 7.09. The highest BCUT2D eigenvalue weighted by Crippen LogP contribution is 2.45. The normalized spacial score (nSPS) is 14.5. The van der Waals surface area contributed by atoms with Crippen LogP contribution in [-0.4, -0.2) is 26.7 Å². The smallest absolute Gasteiger partial charge is 0.226 e. The summed E-state index contributed by atoms with van der Waals surface area (Å²) in [5, 5.41) is 8.34. The number of methoxy groups -OCH3 is 1. The minimum absolute atomic E-state index is 0.340. The van der Waals surface area contributed by atoms with Gasteiger partial charge >= 0.3 is 0 Å². The first kappa shape index (κ1) is 12.1. The van der Waals surface area contributed by atoms with Crippen LogP contribution in [0.4, 0.5) is 5.95 Å². The van der Waals surface area contributed by atoms with E-state index >= 15 is 0 Å². The molecular formula is C15H15N5O. The van der Waals surface area contributed by atoms with Crippen molar-refractivity contribution in [2.75, 3.05) is 12.8 Å². The quantitative estimate of drug-likeness (QED) is 0.796. The summed E-state index contributed by atoms with van der Waals surface area (Å²) in [6.07, 6.45) is 5.83. The molecule has 21 heavy (non-hydrogen) atoms. The van der Waals surface area contributed by atoms with Gasteiger partial charge in [-0.25, -0.2) is 4.98 Å². The Labute approximate surface area is 121 Å². The number of ether oxygens (including phenoxy) is 1. The summed E-state index contributed by atoms with van der Waals surface area (Å²) in [7, 11) is 1.68. The lowest BCUT2D eigenvalue weighted by Crippen LogP contribution is -2.04. The predicted octanol–water partition coefficient (Wildman–Crippen LogP) is 2.26. The molecule has 3 aromatic rings. The number of imidazole rings is 1. The first-order valence-corrected chi connectivity index (χ1v) is 6.90. The van der Waals surface area contributed by atoms with E-state index in [1.807, 2.05) is 12.1 Å². The second kappa shape index (κ2) is 4.44. The summed E-state index contributed by atoms with van der Waals surface area (Å²) in [5.74, 6) is 1.79. The monoisotopic (exact) mass is 281 g/mol. The van der Waals surface area contributed by atoms with E-state index in [-0.39, 0.29) is 0 Å². The van der Waals surface area contributed by atoms with E-state index in [4.69, 9.17) is 10.5 Å². The van der Waals surface area contributed by atoms with Crippen molar-refractivity contribution in [2.24, 2.45) is 0 Å². The van der Waals surface area contributed by atoms with E-state index in [1.165, 1.54) is 18.4 Å². The number of nitrogen functional groups attached to an aromatic ring is 1. The van der Waals surface area contributed by atoms with Gasteiger partial charge in [0, 0.05) is 5.56 Å². The maximum absolute atomic E-state index is 5.83. The molecule has 0 unspecified atom stereocenters. The fourth-order valence-electron chi connectivity index (χ4n) is 2.66. The van der Waals surface area contributed by atoms with Crippen LogP contribution in [0, 0.1) is 0 Å². The molecule has 0 aliphatic heterocycles. The Balaban J connectivity index is 1.96. The van der Waals surface area contributed by atoms with E-state index < -0.39 is 0 Å². The van der Waals surface area contributed by atoms with Gasteiger partial charge in [-0.3, -0.25) is 4.40 Å². The van der Waals surface area contributed by atoms with Gasteiger partial charge in [0.15, 0.2) is 0 Å². The van der Waals surface area contributed by atoms with E-state index in [0.717, 1.165) is 22.5 Å². The molecule has 1 fully saturated rings. The third-order valence-electron chi connectivity index (χ3n) is 3.91. The van der Waals surface area contributed by atoms with E-state index in [2.05, 4.69) is 21.2 Å². The van der Waals surface area contributed by atoms with Crippen molar-refractivity contribution in [3.8, 4) is 17.0 Å². The van der Waals surface area contributed by atoms with Gasteiger partial charge in [-0.2, -0.15) is 0 Å². The van der Waals surface area contributed by atoms with Crippen LogP contribution in [0.1, 0.15) is 24.3 Å². The van der Waals surface area contributed by atoms with E-state index in [1.54, 1.807) is 24.0 Å². The number of rotatable bonds is 3. The first-order valence-electron chi connectivity index (χ1n) is 6.90. The van der Waals surface area contributed by atoms with Crippen molar-refractivity contribution in [3.05, 3.63) is 36.3 Å². The number of nitrogens with two attached hydrogens (primary N) is 1. The highest BCUT2D eigenvalue weighted by Gasteiger charge is 2.28. The van der Waals surface area contributed by atoms with Crippen LogP contribution in [0.3, 0.4) is 0 Å². The SMILES string of the molecule is COc1ccc(-c2nnc(N)n3cncc23)c(C2CC2)c1. The Kier molecular flexibility index (Phi) is 2.57. The molecule has 6 heteroatoms. The molecule has 6 nitrogen and oxygen atoms in total. The minimum atomic E-state index is 0.340. The molecule has 0 radical (unpaired) electrons. The predicted molar refractivity (Wildman–Crippen MR) is 79.2 cm³/mol. The summed E-state index contributed by atoms with van der Waals surface area (Å²) in [4.78, 5) is 4.15. The number of nitrogens with zero attached hydrogens (tertiary/aromatic N) is 4. The molecule has 1 saturated carbocycles. The van der Waals surface area contributed by atoms with Crippen molar-refractivity contribution >= 4 is 11.5 Å². The standard InChI is InChI=1S/C15H15N5O/c1-21-10-4-5-11(12(6-10)9-2-3-9)14-13-7-17-8-20(13)15(16)19-18-14/h4-9H,2-3H2,1H3,(H2,16,19). The van der Waals surface area contributed by atoms with Crippen LogP contribution in [0.5, 0.6) is 5.75 Å². The van der Waals surface area contributed by atoms with E-state index in [0.29, 0.717) is 11.9 Å². The molecule has 1 aliphatic rings. The lowest BCUT2D eigenvalue weighted by molar-refractivity contribution is 0.414. The lowest BCUT2D eigenvalue weighted by Gasteiger charge is -2.11. The molecule has 1 aromatic carbocycles. The Hall–Kier alpha value is -2.63. The van der Waals surface area contributed by atoms with Gasteiger partial charge in [0.2, 0.25) is 5.95 Å². The van der Waals surface area contributed by atoms with Gasteiger partial charge in [0.25, 0.3) is 0 Å². The number of hydrogen-bond acceptors (Lipinski definition) is 5. The number of anilines is 1. The Morgan fingerprint density at radius 3 is 2.90 bits per heavy atom. The first-order chi connectivity index (χ1) is 10.3. The van der Waals surface area contributed by atoms with Crippen LogP contribution in [0.2, 0.25) is 0 Å². The third kappa shape index (κ3) is 1.91. The zero-order valence-corrected chi connectivity index (χ0v) is 11.7. The fourth-order valence-corrected chi connectivity index (χ4v) is 2.66. The fraction of sp³-hybridized carbons (Fsp3) is 0.267. The summed E-state index contributed by atoms with van der Waals surface area (Å²) in [5.41, 5.74) is 9.85. The van der Waals surface area contributed by atoms with Crippen LogP contribution in [0.25, 0.3) is 16.8 Å². The van der Waals surface area contributed by atoms with Gasteiger partial charge in [0.1, 0.15) is 17.8 Å². The zero-order valence-electron chi connectivity index (χ0n) is 11.7. The van der Waals surface area contributed by atoms with Gasteiger partial charge in [0.05, 0.1) is 18.8 Å². The van der Waals surface area contributed by atoms with Gasteiger partial charge < -0.3 is 10.5 Å². The maximum atomic E-state index is 5.83. The number of fused-ring (bicyclic) bond motifs is 1. The molecule has 0 atom stereocenters. The molecule has 2 heterocycles. The van der Waals surface area contributed by atoms with Gasteiger partial charge in [-0.1, -0.05) is 0 Å². The Morgan fingerprint density at radius 2 is 2.14 bits per heavy atom. The highest BCUT2D eigenvalue weighted by atomic mass is 16.5. The summed E-state index contributed by atoms with van der Waals surface area (Å²) >= 11 is 0. The second-order valence-electron chi connectivity index (χ2n) is 5.28. The number of aromatic nitrogens is 4. The minimum Gasteiger partial charge on any atom is -0.497 e. The average molecular weight is 281 g/mol. The number of benzene rings is 1. The Morgan fingerprint density at radius 1 is 1.29 bits per heavy atom. The van der Waals surface area contributed by atoms with Crippen LogP contribution in [-0.2, 0) is 0 Å². The third-order valence-corrected chi connectivity index (χ3v) is 3.91. The molecule has 0 spiro atoms. The molecule has 0 bridgehead atoms. The van der Waals surface area contributed by atoms with Crippen LogP contribution < -0.4 is 10.5 Å². The van der Waals surface area contributed by atoms with Crippen LogP contribution in [0.15, 0.2) is 30.7 Å². The Bertz CT molecular complexity index is 822. The van der Waals surface area contributed by atoms with Crippen LogP contribution >= 0.6 is 0 Å². The van der Waals surface area contributed by atoms with Crippen molar-refractivity contribution < 1.29 is 4.74 Å². The molecule has 0 saturated heterocycles. The van der Waals surface area contributed by atoms with Gasteiger partial charge in [-0.15, -0.1) is 10.2 Å². The van der Waals surface area contributed by atoms with Crippen molar-refractivity contribution in [1.29, 1.82) is 0 Å². The maximum Gasteiger partial charge on any atom is 0.226 e. The average Bonchev–Trinajstić information content (AvgIpc) is 3.24. The molecular weight excluding hydrogens is 266 g/mol. The molecule has 4 rings (SSSR count). The largest absolute Gasteiger partial charge is 0.497 e. The molecule has 0 amide bonds. The van der Waals surface area contributed by atoms with Crippen molar-refractivity contribution in [3.63, 3.8) is 0 Å².